The summed E-state index contributed by atoms with van der Waals surface area (Å²) < 4.78 is 26.8. The van der Waals surface area contributed by atoms with E-state index in [4.69, 9.17) is 5.73 Å². The summed E-state index contributed by atoms with van der Waals surface area (Å²) in [5.74, 6) is -2.13. The fourth-order valence-corrected chi connectivity index (χ4v) is 2.10. The number of halogens is 2. The van der Waals surface area contributed by atoms with Crippen LogP contribution >= 0.6 is 0 Å². The molecule has 21 heavy (non-hydrogen) atoms. The van der Waals surface area contributed by atoms with Gasteiger partial charge in [0.15, 0.2) is 0 Å². The van der Waals surface area contributed by atoms with Crippen LogP contribution in [0.2, 0.25) is 0 Å². The van der Waals surface area contributed by atoms with Crippen molar-refractivity contribution in [2.75, 3.05) is 17.2 Å². The van der Waals surface area contributed by atoms with Crippen molar-refractivity contribution in [2.24, 2.45) is 0 Å². The molecule has 1 amide bonds. The Kier molecular flexibility index (Phi) is 4.52. The molecule has 2 aromatic rings. The minimum atomic E-state index is -0.879. The van der Waals surface area contributed by atoms with Gasteiger partial charge in [0.2, 0.25) is 0 Å². The van der Waals surface area contributed by atoms with Crippen LogP contribution < -0.4 is 10.6 Å². The maximum absolute atomic E-state index is 13.8. The van der Waals surface area contributed by atoms with Gasteiger partial charge in [-0.25, -0.2) is 8.78 Å². The van der Waals surface area contributed by atoms with E-state index < -0.39 is 17.5 Å². The second-order valence-corrected chi connectivity index (χ2v) is 4.64. The van der Waals surface area contributed by atoms with E-state index >= 15 is 0 Å². The zero-order valence-electron chi connectivity index (χ0n) is 11.6. The molecule has 3 nitrogen and oxygen atoms in total. The van der Waals surface area contributed by atoms with Gasteiger partial charge >= 0.3 is 0 Å². The zero-order chi connectivity index (χ0) is 15.4. The summed E-state index contributed by atoms with van der Waals surface area (Å²) >= 11 is 0. The molecule has 0 radical (unpaired) electrons. The normalized spacial score (nSPS) is 10.4. The van der Waals surface area contributed by atoms with Gasteiger partial charge in [-0.1, -0.05) is 19.1 Å². The Labute approximate surface area is 122 Å². The molecule has 0 unspecified atom stereocenters. The van der Waals surface area contributed by atoms with Crippen molar-refractivity contribution in [2.45, 2.75) is 13.3 Å². The first-order valence-electron chi connectivity index (χ1n) is 6.66. The molecular formula is C16H16F2N2O. The van der Waals surface area contributed by atoms with Crippen molar-refractivity contribution >= 4 is 17.3 Å². The SMILES string of the molecule is CCCN(C(=O)c1ccc(F)cc1F)c1ccccc1N. The van der Waals surface area contributed by atoms with Gasteiger partial charge in [0, 0.05) is 12.6 Å². The highest BCUT2D eigenvalue weighted by Gasteiger charge is 2.21. The van der Waals surface area contributed by atoms with Crippen molar-refractivity contribution in [3.63, 3.8) is 0 Å². The lowest BCUT2D eigenvalue weighted by molar-refractivity contribution is 0.0983. The van der Waals surface area contributed by atoms with E-state index in [1.165, 1.54) is 4.90 Å². The molecule has 0 saturated heterocycles. The Morgan fingerprint density at radius 1 is 1.19 bits per heavy atom. The molecule has 2 N–H and O–H groups in total. The Balaban J connectivity index is 2.43. The van der Waals surface area contributed by atoms with Crippen LogP contribution in [-0.4, -0.2) is 12.5 Å². The van der Waals surface area contributed by atoms with Crippen LogP contribution in [0.4, 0.5) is 20.2 Å². The molecular weight excluding hydrogens is 274 g/mol. The number of hydrogen-bond acceptors (Lipinski definition) is 2. The Bertz CT molecular complexity index is 658. The Morgan fingerprint density at radius 2 is 1.90 bits per heavy atom. The van der Waals surface area contributed by atoms with Gasteiger partial charge in [-0.3, -0.25) is 4.79 Å². The summed E-state index contributed by atoms with van der Waals surface area (Å²) in [4.78, 5) is 13.9. The lowest BCUT2D eigenvalue weighted by Gasteiger charge is -2.24. The monoisotopic (exact) mass is 290 g/mol. The molecule has 0 saturated carbocycles. The van der Waals surface area contributed by atoms with Crippen LogP contribution in [0.3, 0.4) is 0 Å². The van der Waals surface area contributed by atoms with Gasteiger partial charge in [-0.05, 0) is 30.7 Å². The molecule has 0 aliphatic carbocycles. The molecule has 0 aromatic heterocycles. The molecule has 2 aromatic carbocycles. The molecule has 2 rings (SSSR count). The largest absolute Gasteiger partial charge is 0.397 e. The van der Waals surface area contributed by atoms with Crippen LogP contribution in [0.15, 0.2) is 42.5 Å². The second-order valence-electron chi connectivity index (χ2n) is 4.64. The van der Waals surface area contributed by atoms with Gasteiger partial charge in [-0.15, -0.1) is 0 Å². The predicted octanol–water partition coefficient (Wildman–Crippen LogP) is 3.60. The quantitative estimate of drug-likeness (QED) is 0.874. The van der Waals surface area contributed by atoms with E-state index in [2.05, 4.69) is 0 Å². The average Bonchev–Trinajstić information content (AvgIpc) is 2.45. The van der Waals surface area contributed by atoms with Crippen LogP contribution in [-0.2, 0) is 0 Å². The maximum atomic E-state index is 13.8. The first kappa shape index (κ1) is 15.0. The van der Waals surface area contributed by atoms with Crippen molar-refractivity contribution in [1.82, 2.24) is 0 Å². The minimum Gasteiger partial charge on any atom is -0.397 e. The van der Waals surface area contributed by atoms with Crippen LogP contribution in [0.25, 0.3) is 0 Å². The van der Waals surface area contributed by atoms with Gasteiger partial charge in [0.25, 0.3) is 5.91 Å². The first-order valence-corrected chi connectivity index (χ1v) is 6.66. The Hall–Kier alpha value is -2.43. The molecule has 110 valence electrons. The summed E-state index contributed by atoms with van der Waals surface area (Å²) in [6.07, 6.45) is 0.683. The number of carbonyl (C=O) groups excluding carboxylic acids is 1. The summed E-state index contributed by atoms with van der Waals surface area (Å²) in [7, 11) is 0. The molecule has 0 aliphatic heterocycles. The van der Waals surface area contributed by atoms with Gasteiger partial charge < -0.3 is 10.6 Å². The molecule has 0 fully saturated rings. The number of para-hydroxylation sites is 2. The van der Waals surface area contributed by atoms with E-state index in [-0.39, 0.29) is 5.56 Å². The van der Waals surface area contributed by atoms with Crippen molar-refractivity contribution in [3.8, 4) is 0 Å². The fourth-order valence-electron chi connectivity index (χ4n) is 2.10. The lowest BCUT2D eigenvalue weighted by atomic mass is 10.1. The number of carbonyl (C=O) groups is 1. The van der Waals surface area contributed by atoms with Gasteiger partial charge in [0.1, 0.15) is 11.6 Å². The van der Waals surface area contributed by atoms with Crippen LogP contribution in [0, 0.1) is 11.6 Å². The van der Waals surface area contributed by atoms with Crippen LogP contribution in [0.5, 0.6) is 0 Å². The number of nitrogens with zero attached hydrogens (tertiary/aromatic N) is 1. The lowest BCUT2D eigenvalue weighted by Crippen LogP contribution is -2.33. The summed E-state index contributed by atoms with van der Waals surface area (Å²) in [5.41, 5.74) is 6.66. The highest BCUT2D eigenvalue weighted by Crippen LogP contribution is 2.25. The highest BCUT2D eigenvalue weighted by molar-refractivity contribution is 6.07. The third kappa shape index (κ3) is 3.18. The Morgan fingerprint density at radius 3 is 2.52 bits per heavy atom. The number of amides is 1. The van der Waals surface area contributed by atoms with Gasteiger partial charge in [-0.2, -0.15) is 0 Å². The van der Waals surface area contributed by atoms with Crippen LogP contribution in [0.1, 0.15) is 23.7 Å². The second kappa shape index (κ2) is 6.35. The third-order valence-electron chi connectivity index (χ3n) is 3.08. The third-order valence-corrected chi connectivity index (χ3v) is 3.08. The standard InChI is InChI=1S/C16H16F2N2O/c1-2-9-20(15-6-4-3-5-14(15)19)16(21)12-8-7-11(17)10-13(12)18/h3-8,10H,2,9,19H2,1H3. The molecule has 0 atom stereocenters. The number of benzene rings is 2. The first-order chi connectivity index (χ1) is 10.0. The number of nitrogens with two attached hydrogens (primary N) is 1. The summed E-state index contributed by atoms with van der Waals surface area (Å²) in [6.45, 7) is 2.30. The smallest absolute Gasteiger partial charge is 0.261 e. The number of hydrogen-bond donors (Lipinski definition) is 1. The summed E-state index contributed by atoms with van der Waals surface area (Å²) in [5, 5.41) is 0. The van der Waals surface area contributed by atoms with E-state index in [0.29, 0.717) is 30.4 Å². The molecule has 5 heteroatoms. The number of nitrogen functional groups attached to an aromatic ring is 1. The molecule has 0 bridgehead atoms. The molecule has 0 spiro atoms. The topological polar surface area (TPSA) is 46.3 Å². The van der Waals surface area contributed by atoms with Crippen molar-refractivity contribution < 1.29 is 13.6 Å². The van der Waals surface area contributed by atoms with E-state index in [1.54, 1.807) is 24.3 Å². The van der Waals surface area contributed by atoms with E-state index in [9.17, 15) is 13.6 Å². The van der Waals surface area contributed by atoms with Crippen molar-refractivity contribution in [3.05, 3.63) is 59.7 Å². The van der Waals surface area contributed by atoms with E-state index in [0.717, 1.165) is 12.1 Å². The minimum absolute atomic E-state index is 0.173. The number of rotatable bonds is 4. The maximum Gasteiger partial charge on any atom is 0.261 e. The molecule has 0 heterocycles. The highest BCUT2D eigenvalue weighted by atomic mass is 19.1. The average molecular weight is 290 g/mol. The van der Waals surface area contributed by atoms with Crippen molar-refractivity contribution in [1.29, 1.82) is 0 Å². The molecule has 0 aliphatic rings. The predicted molar refractivity (Wildman–Crippen MR) is 79.2 cm³/mol. The zero-order valence-corrected chi connectivity index (χ0v) is 11.6. The van der Waals surface area contributed by atoms with E-state index in [1.807, 2.05) is 6.92 Å². The summed E-state index contributed by atoms with van der Waals surface area (Å²) in [6, 6.07) is 9.79. The fraction of sp³-hybridized carbons (Fsp3) is 0.188. The van der Waals surface area contributed by atoms with Gasteiger partial charge in [0.05, 0.1) is 16.9 Å². The number of anilines is 2.